The van der Waals surface area contributed by atoms with Crippen LogP contribution in [0.5, 0.6) is 11.5 Å². The molecular weight excluding hydrogens is 363 g/mol. The maximum absolute atomic E-state index is 13.2. The van der Waals surface area contributed by atoms with E-state index in [2.05, 4.69) is 20.5 Å². The Labute approximate surface area is 152 Å². The van der Waals surface area contributed by atoms with Crippen LogP contribution in [0.1, 0.15) is 6.92 Å². The number of amides is 1. The molecule has 1 heterocycles. The van der Waals surface area contributed by atoms with E-state index in [1.165, 1.54) is 37.3 Å². The lowest BCUT2D eigenvalue weighted by atomic mass is 10.2. The molecule has 0 saturated carbocycles. The number of aromatic nitrogens is 3. The number of hydrogen-bond donors (Lipinski definition) is 3. The van der Waals surface area contributed by atoms with Crippen molar-refractivity contribution in [2.75, 3.05) is 5.32 Å². The average molecular weight is 377 g/mol. The number of phenols is 1. The molecular formula is C17H14ClFN4O3. The molecule has 0 fully saturated rings. The van der Waals surface area contributed by atoms with E-state index in [1.54, 1.807) is 12.1 Å². The Morgan fingerprint density at radius 3 is 2.88 bits per heavy atom. The smallest absolute Gasteiger partial charge is 0.267 e. The average Bonchev–Trinajstić information content (AvgIpc) is 3.05. The van der Waals surface area contributed by atoms with E-state index in [-0.39, 0.29) is 22.5 Å². The molecule has 0 bridgehead atoms. The number of rotatable bonds is 5. The second-order valence-corrected chi connectivity index (χ2v) is 5.79. The van der Waals surface area contributed by atoms with Gasteiger partial charge in [-0.3, -0.25) is 15.2 Å². The second kappa shape index (κ2) is 7.40. The molecule has 0 spiro atoms. The van der Waals surface area contributed by atoms with Crippen LogP contribution in [0.25, 0.3) is 11.4 Å². The van der Waals surface area contributed by atoms with Gasteiger partial charge in [-0.25, -0.2) is 4.39 Å². The summed E-state index contributed by atoms with van der Waals surface area (Å²) in [5.41, 5.74) is 0.588. The van der Waals surface area contributed by atoms with Gasteiger partial charge in [-0.05, 0) is 37.3 Å². The number of carbonyl (C=O) groups is 1. The fourth-order valence-corrected chi connectivity index (χ4v) is 2.29. The van der Waals surface area contributed by atoms with Crippen LogP contribution in [-0.4, -0.2) is 32.3 Å². The minimum atomic E-state index is -0.887. The highest BCUT2D eigenvalue weighted by Crippen LogP contribution is 2.28. The first-order valence-corrected chi connectivity index (χ1v) is 7.94. The monoisotopic (exact) mass is 376 g/mol. The summed E-state index contributed by atoms with van der Waals surface area (Å²) < 4.78 is 18.5. The predicted octanol–water partition coefficient (Wildman–Crippen LogP) is 3.38. The molecule has 0 radical (unpaired) electrons. The normalized spacial score (nSPS) is 11.8. The molecule has 3 N–H and O–H groups in total. The summed E-state index contributed by atoms with van der Waals surface area (Å²) in [6.07, 6.45) is -0.887. The molecule has 1 amide bonds. The van der Waals surface area contributed by atoms with Gasteiger partial charge in [0.1, 0.15) is 17.3 Å². The molecule has 3 aromatic rings. The maximum atomic E-state index is 13.2. The van der Waals surface area contributed by atoms with Crippen molar-refractivity contribution in [3.8, 4) is 22.9 Å². The summed E-state index contributed by atoms with van der Waals surface area (Å²) in [5, 5.41) is 18.7. The fourth-order valence-electron chi connectivity index (χ4n) is 2.11. The number of aromatic hydroxyl groups is 1. The Hall–Kier alpha value is -3.13. The number of halogens is 2. The van der Waals surface area contributed by atoms with Crippen LogP contribution in [0, 0.1) is 5.82 Å². The van der Waals surface area contributed by atoms with E-state index in [1.807, 2.05) is 0 Å². The number of ether oxygens (including phenoxy) is 1. The lowest BCUT2D eigenvalue weighted by molar-refractivity contribution is -0.122. The van der Waals surface area contributed by atoms with E-state index in [9.17, 15) is 14.3 Å². The van der Waals surface area contributed by atoms with Gasteiger partial charge in [0.25, 0.3) is 5.91 Å². The van der Waals surface area contributed by atoms with Crippen molar-refractivity contribution in [2.24, 2.45) is 0 Å². The number of hydrogen-bond acceptors (Lipinski definition) is 5. The molecule has 1 atom stereocenters. The van der Waals surface area contributed by atoms with Crippen molar-refractivity contribution < 1.29 is 19.0 Å². The molecule has 2 aromatic carbocycles. The van der Waals surface area contributed by atoms with Crippen LogP contribution in [0.2, 0.25) is 5.02 Å². The minimum absolute atomic E-state index is 0.0453. The number of benzene rings is 2. The van der Waals surface area contributed by atoms with Crippen LogP contribution in [0.4, 0.5) is 10.3 Å². The minimum Gasteiger partial charge on any atom is -0.506 e. The second-order valence-electron chi connectivity index (χ2n) is 5.38. The zero-order chi connectivity index (χ0) is 18.7. The van der Waals surface area contributed by atoms with Gasteiger partial charge >= 0.3 is 0 Å². The zero-order valence-electron chi connectivity index (χ0n) is 13.5. The number of nitrogens with one attached hydrogen (secondary N) is 2. The van der Waals surface area contributed by atoms with Crippen LogP contribution < -0.4 is 10.1 Å². The van der Waals surface area contributed by atoms with E-state index in [4.69, 9.17) is 16.3 Å². The summed E-state index contributed by atoms with van der Waals surface area (Å²) in [5.74, 6) is -0.358. The molecule has 9 heteroatoms. The fraction of sp³-hybridized carbons (Fsp3) is 0.118. The molecule has 0 saturated heterocycles. The van der Waals surface area contributed by atoms with Gasteiger partial charge in [0.15, 0.2) is 11.9 Å². The Balaban J connectivity index is 1.66. The van der Waals surface area contributed by atoms with Gasteiger partial charge in [-0.15, -0.1) is 5.10 Å². The van der Waals surface area contributed by atoms with E-state index < -0.39 is 17.8 Å². The van der Waals surface area contributed by atoms with Crippen LogP contribution in [-0.2, 0) is 4.79 Å². The van der Waals surface area contributed by atoms with Crippen LogP contribution in [0.3, 0.4) is 0 Å². The molecule has 1 aromatic heterocycles. The molecule has 26 heavy (non-hydrogen) atoms. The molecule has 0 aliphatic heterocycles. The Morgan fingerprint density at radius 2 is 2.15 bits per heavy atom. The number of nitrogens with zero attached hydrogens (tertiary/aromatic N) is 2. The third-order valence-electron chi connectivity index (χ3n) is 3.42. The van der Waals surface area contributed by atoms with Crippen LogP contribution in [0.15, 0.2) is 42.5 Å². The molecule has 134 valence electrons. The molecule has 3 rings (SSSR count). The van der Waals surface area contributed by atoms with Crippen molar-refractivity contribution in [1.82, 2.24) is 15.2 Å². The van der Waals surface area contributed by atoms with Gasteiger partial charge in [0.2, 0.25) is 5.95 Å². The Kier molecular flexibility index (Phi) is 5.04. The lowest BCUT2D eigenvalue weighted by Gasteiger charge is -2.13. The molecule has 0 aliphatic rings. The number of H-pyrrole nitrogens is 1. The van der Waals surface area contributed by atoms with Crippen LogP contribution >= 0.6 is 11.6 Å². The third kappa shape index (κ3) is 4.09. The van der Waals surface area contributed by atoms with Gasteiger partial charge in [0.05, 0.1) is 5.02 Å². The molecule has 7 nitrogen and oxygen atoms in total. The highest BCUT2D eigenvalue weighted by Gasteiger charge is 2.17. The first-order valence-electron chi connectivity index (χ1n) is 7.57. The largest absolute Gasteiger partial charge is 0.506 e. The van der Waals surface area contributed by atoms with Gasteiger partial charge < -0.3 is 9.84 Å². The SMILES string of the molecule is C[C@H](Oc1cccc(F)c1)C(=O)Nc1n[nH]c(-c2ccc(O)c(Cl)c2)n1. The van der Waals surface area contributed by atoms with E-state index in [0.717, 1.165) is 0 Å². The number of aromatic amines is 1. The first kappa shape index (κ1) is 17.7. The summed E-state index contributed by atoms with van der Waals surface area (Å²) in [4.78, 5) is 16.3. The highest BCUT2D eigenvalue weighted by atomic mass is 35.5. The summed E-state index contributed by atoms with van der Waals surface area (Å²) in [6, 6.07) is 10.0. The van der Waals surface area contributed by atoms with E-state index in [0.29, 0.717) is 11.4 Å². The quantitative estimate of drug-likeness (QED) is 0.633. The van der Waals surface area contributed by atoms with Gasteiger partial charge in [-0.1, -0.05) is 17.7 Å². The van der Waals surface area contributed by atoms with Crippen molar-refractivity contribution >= 4 is 23.5 Å². The van der Waals surface area contributed by atoms with Crippen molar-refractivity contribution in [3.05, 3.63) is 53.3 Å². The van der Waals surface area contributed by atoms with Gasteiger partial charge in [-0.2, -0.15) is 4.98 Å². The van der Waals surface area contributed by atoms with Crippen molar-refractivity contribution in [1.29, 1.82) is 0 Å². The Bertz CT molecular complexity index is 947. The first-order chi connectivity index (χ1) is 12.4. The van der Waals surface area contributed by atoms with Gasteiger partial charge in [0, 0.05) is 11.6 Å². The van der Waals surface area contributed by atoms with Crippen molar-refractivity contribution in [2.45, 2.75) is 13.0 Å². The molecule has 0 unspecified atom stereocenters. The topological polar surface area (TPSA) is 100 Å². The standard InChI is InChI=1S/C17H14ClFN4O3/c1-9(26-12-4-2-3-11(19)8-12)16(25)21-17-20-15(22-23-17)10-5-6-14(24)13(18)7-10/h2-9,24H,1H3,(H2,20,21,22,23,25)/t9-/m0/s1. The molecule has 0 aliphatic carbocycles. The number of phenolic OH excluding ortho intramolecular Hbond substituents is 1. The maximum Gasteiger partial charge on any atom is 0.267 e. The summed E-state index contributed by atoms with van der Waals surface area (Å²) in [7, 11) is 0. The zero-order valence-corrected chi connectivity index (χ0v) is 14.3. The summed E-state index contributed by atoms with van der Waals surface area (Å²) >= 11 is 5.86. The lowest BCUT2D eigenvalue weighted by Crippen LogP contribution is -2.30. The summed E-state index contributed by atoms with van der Waals surface area (Å²) in [6.45, 7) is 1.52. The Morgan fingerprint density at radius 1 is 1.35 bits per heavy atom. The number of carbonyl (C=O) groups excluding carboxylic acids is 1. The highest BCUT2D eigenvalue weighted by molar-refractivity contribution is 6.32. The van der Waals surface area contributed by atoms with Crippen molar-refractivity contribution in [3.63, 3.8) is 0 Å². The predicted molar refractivity (Wildman–Crippen MR) is 93.6 cm³/mol. The number of anilines is 1. The van der Waals surface area contributed by atoms with E-state index >= 15 is 0 Å². The third-order valence-corrected chi connectivity index (χ3v) is 3.72.